The van der Waals surface area contributed by atoms with E-state index in [0.717, 1.165) is 5.69 Å². The number of aliphatic imine (C=N–C) groups is 1. The van der Waals surface area contributed by atoms with Crippen LogP contribution in [0.4, 0.5) is 11.4 Å². The van der Waals surface area contributed by atoms with Crippen molar-refractivity contribution < 1.29 is 14.3 Å². The molecule has 11 heteroatoms. The van der Waals surface area contributed by atoms with Gasteiger partial charge in [-0.3, -0.25) is 19.5 Å². The van der Waals surface area contributed by atoms with E-state index in [0.29, 0.717) is 53.3 Å². The maximum atomic E-state index is 13.9. The van der Waals surface area contributed by atoms with Crippen molar-refractivity contribution in [1.29, 1.82) is 0 Å². The second-order valence-electron chi connectivity index (χ2n) is 10.0. The Balaban J connectivity index is 1.83. The van der Waals surface area contributed by atoms with Crippen molar-refractivity contribution in [1.82, 2.24) is 14.5 Å². The molecule has 0 bridgehead atoms. The summed E-state index contributed by atoms with van der Waals surface area (Å²) in [6.45, 7) is 8.36. The van der Waals surface area contributed by atoms with E-state index >= 15 is 0 Å². The molecule has 1 aliphatic heterocycles. The average Bonchev–Trinajstić information content (AvgIpc) is 3.42. The van der Waals surface area contributed by atoms with E-state index in [2.05, 4.69) is 15.3 Å². The lowest BCUT2D eigenvalue weighted by Gasteiger charge is -2.30. The molecule has 2 heterocycles. The van der Waals surface area contributed by atoms with Gasteiger partial charge in [0, 0.05) is 43.0 Å². The Morgan fingerprint density at radius 3 is 2.47 bits per heavy atom. The number of amides is 1. The number of carbonyl (C=O) groups is 2. The number of nitrogens with one attached hydrogen (secondary N) is 1. The molecule has 0 saturated heterocycles. The summed E-state index contributed by atoms with van der Waals surface area (Å²) in [4.78, 5) is 36.7. The summed E-state index contributed by atoms with van der Waals surface area (Å²) in [5, 5.41) is 3.78. The van der Waals surface area contributed by atoms with Crippen molar-refractivity contribution in [2.24, 2.45) is 29.3 Å². The lowest BCUT2D eigenvalue weighted by molar-refractivity contribution is -0.156. The van der Waals surface area contributed by atoms with E-state index < -0.39 is 11.3 Å². The number of nitrogens with zero attached hydrogens (tertiary/aromatic N) is 4. The summed E-state index contributed by atoms with van der Waals surface area (Å²) in [5.41, 5.74) is 6.99. The number of aryl methyl sites for hydroxylation is 1. The molecule has 0 radical (unpaired) electrons. The van der Waals surface area contributed by atoms with Gasteiger partial charge >= 0.3 is 5.97 Å². The van der Waals surface area contributed by atoms with Gasteiger partial charge in [-0.05, 0) is 45.7 Å². The minimum atomic E-state index is -0.640. The van der Waals surface area contributed by atoms with Crippen molar-refractivity contribution >= 4 is 52.4 Å². The summed E-state index contributed by atoms with van der Waals surface area (Å²) in [7, 11) is 1.90. The summed E-state index contributed by atoms with van der Waals surface area (Å²) in [6.07, 6.45) is 4.57. The smallest absolute Gasteiger partial charge is 0.311 e. The Morgan fingerprint density at radius 2 is 1.92 bits per heavy atom. The Labute approximate surface area is 222 Å². The number of rotatable bonds is 8. The first-order valence-corrected chi connectivity index (χ1v) is 12.7. The monoisotopic (exact) mass is 536 g/mol. The first-order valence-electron chi connectivity index (χ1n) is 11.9. The van der Waals surface area contributed by atoms with E-state index in [1.807, 2.05) is 18.5 Å². The molecule has 3 rings (SSSR count). The molecule has 1 amide bonds. The molecule has 0 aliphatic carbocycles. The third kappa shape index (κ3) is 6.50. The fourth-order valence-corrected chi connectivity index (χ4v) is 4.67. The van der Waals surface area contributed by atoms with Gasteiger partial charge in [-0.15, -0.1) is 0 Å². The normalized spacial score (nSPS) is 15.4. The van der Waals surface area contributed by atoms with E-state index in [9.17, 15) is 9.59 Å². The number of halogens is 2. The van der Waals surface area contributed by atoms with Gasteiger partial charge in [0.2, 0.25) is 11.9 Å². The van der Waals surface area contributed by atoms with Gasteiger partial charge in [-0.25, -0.2) is 4.98 Å². The first-order chi connectivity index (χ1) is 16.9. The maximum absolute atomic E-state index is 13.9. The maximum Gasteiger partial charge on any atom is 0.311 e. The van der Waals surface area contributed by atoms with Gasteiger partial charge in [0.05, 0.1) is 40.6 Å². The number of esters is 1. The Kier molecular flexibility index (Phi) is 8.89. The molecular formula is C25H34Cl2N6O3. The van der Waals surface area contributed by atoms with Crippen molar-refractivity contribution in [3.8, 4) is 0 Å². The number of aromatic nitrogens is 2. The van der Waals surface area contributed by atoms with Crippen LogP contribution in [-0.2, 0) is 27.8 Å². The Morgan fingerprint density at radius 1 is 1.25 bits per heavy atom. The first kappa shape index (κ1) is 27.8. The minimum Gasteiger partial charge on any atom is -0.465 e. The molecule has 3 N–H and O–H groups in total. The van der Waals surface area contributed by atoms with Crippen molar-refractivity contribution in [2.45, 2.75) is 40.5 Å². The van der Waals surface area contributed by atoms with Crippen molar-refractivity contribution in [3.05, 3.63) is 40.4 Å². The van der Waals surface area contributed by atoms with Crippen LogP contribution in [0, 0.1) is 17.3 Å². The number of imidazole rings is 1. The number of guanidine groups is 1. The third-order valence-corrected chi connectivity index (χ3v) is 6.76. The molecule has 1 aromatic carbocycles. The van der Waals surface area contributed by atoms with Crippen LogP contribution >= 0.6 is 23.2 Å². The zero-order valence-electron chi connectivity index (χ0n) is 21.3. The molecule has 36 heavy (non-hydrogen) atoms. The number of nitrogen functional groups attached to an aromatic ring is 1. The molecular weight excluding hydrogens is 503 g/mol. The largest absolute Gasteiger partial charge is 0.465 e. The molecule has 2 atom stereocenters. The number of carbonyl (C=O) groups excluding carboxylic acids is 2. The highest BCUT2D eigenvalue weighted by atomic mass is 35.5. The molecule has 1 aromatic heterocycles. The van der Waals surface area contributed by atoms with Gasteiger partial charge in [0.1, 0.15) is 0 Å². The third-order valence-electron chi connectivity index (χ3n) is 6.16. The van der Waals surface area contributed by atoms with E-state index in [1.54, 1.807) is 50.3 Å². The van der Waals surface area contributed by atoms with Gasteiger partial charge in [0.15, 0.2) is 0 Å². The lowest BCUT2D eigenvalue weighted by atomic mass is 9.85. The number of anilines is 2. The predicted molar refractivity (Wildman–Crippen MR) is 143 cm³/mol. The van der Waals surface area contributed by atoms with E-state index in [-0.39, 0.29) is 24.4 Å². The van der Waals surface area contributed by atoms with Crippen LogP contribution < -0.4 is 11.1 Å². The van der Waals surface area contributed by atoms with Crippen molar-refractivity contribution in [3.63, 3.8) is 0 Å². The summed E-state index contributed by atoms with van der Waals surface area (Å²) in [6, 6.07) is 3.17. The van der Waals surface area contributed by atoms with Crippen LogP contribution in [-0.4, -0.2) is 52.0 Å². The number of hydrogen-bond acceptors (Lipinski definition) is 7. The molecule has 0 saturated carbocycles. The minimum absolute atomic E-state index is 0.108. The zero-order chi connectivity index (χ0) is 26.6. The SMILES string of the molecule is CCC(C(=O)N1CCN=C1Nc1c(Cl)cc(N)cc1Cl)[C@H](COC(=O)C(C)(C)C)Cc1cncn1C. The van der Waals surface area contributed by atoms with E-state index in [1.165, 1.54) is 0 Å². The number of ether oxygens (including phenoxy) is 1. The highest BCUT2D eigenvalue weighted by molar-refractivity contribution is 6.40. The molecule has 196 valence electrons. The lowest BCUT2D eigenvalue weighted by Crippen LogP contribution is -2.45. The topological polar surface area (TPSA) is 115 Å². The number of hydrogen-bond donors (Lipinski definition) is 2. The number of benzene rings is 1. The van der Waals surface area contributed by atoms with E-state index in [4.69, 9.17) is 33.7 Å². The standard InChI is InChI=1S/C25H34Cl2N6O3/c1-6-18(15(9-17-12-29-14-32(17)5)13-36-23(35)25(2,3)4)22(34)33-8-7-30-24(33)31-21-19(26)10-16(28)11-20(21)27/h10-12,14-15,18H,6-9,13,28H2,1-5H3,(H,30,31)/t15-,18?/m0/s1. The number of nitrogens with two attached hydrogens (primary N) is 1. The Bertz CT molecular complexity index is 1120. The van der Waals surface area contributed by atoms with Crippen molar-refractivity contribution in [2.75, 3.05) is 30.7 Å². The summed E-state index contributed by atoms with van der Waals surface area (Å²) >= 11 is 12.7. The van der Waals surface area contributed by atoms with Gasteiger partial charge in [0.25, 0.3) is 0 Å². The molecule has 0 fully saturated rings. The van der Waals surface area contributed by atoms with Crippen LogP contribution in [0.1, 0.15) is 39.8 Å². The Hall–Kier alpha value is -2.78. The molecule has 1 unspecified atom stereocenters. The summed E-state index contributed by atoms with van der Waals surface area (Å²) in [5.74, 6) is -0.719. The highest BCUT2D eigenvalue weighted by Gasteiger charge is 2.36. The predicted octanol–water partition coefficient (Wildman–Crippen LogP) is 4.39. The van der Waals surface area contributed by atoms with Crippen LogP contribution in [0.25, 0.3) is 0 Å². The zero-order valence-corrected chi connectivity index (χ0v) is 22.9. The quantitative estimate of drug-likeness (QED) is 0.381. The van der Waals surface area contributed by atoms with Crippen LogP contribution in [0.2, 0.25) is 10.0 Å². The fraction of sp³-hybridized carbons (Fsp3) is 0.520. The molecule has 1 aliphatic rings. The van der Waals surface area contributed by atoms with Gasteiger partial charge in [-0.1, -0.05) is 30.1 Å². The summed E-state index contributed by atoms with van der Waals surface area (Å²) < 4.78 is 7.59. The van der Waals surface area contributed by atoms with Crippen LogP contribution in [0.15, 0.2) is 29.6 Å². The second kappa shape index (κ2) is 11.5. The fourth-order valence-electron chi connectivity index (χ4n) is 4.07. The average molecular weight is 537 g/mol. The molecule has 9 nitrogen and oxygen atoms in total. The van der Waals surface area contributed by atoms with Gasteiger partial charge < -0.3 is 20.4 Å². The molecule has 2 aromatic rings. The van der Waals surface area contributed by atoms with Gasteiger partial charge in [-0.2, -0.15) is 0 Å². The van der Waals surface area contributed by atoms with Crippen LogP contribution in [0.5, 0.6) is 0 Å². The molecule has 0 spiro atoms. The van der Waals surface area contributed by atoms with Crippen LogP contribution in [0.3, 0.4) is 0 Å². The highest BCUT2D eigenvalue weighted by Crippen LogP contribution is 2.34. The second-order valence-corrected chi connectivity index (χ2v) is 10.8.